The number of rotatable bonds is 3. The van der Waals surface area contributed by atoms with Gasteiger partial charge in [-0.2, -0.15) is 13.2 Å². The third kappa shape index (κ3) is 3.41. The number of amides is 1. The molecular weight excluding hydrogens is 376 g/mol. The van der Waals surface area contributed by atoms with Gasteiger partial charge in [-0.25, -0.2) is 4.39 Å². The zero-order valence-electron chi connectivity index (χ0n) is 12.7. The standard InChI is InChI=1S/C17H9ClF4N2O2/c18-8-1-3-14(12(5-8)17(20,21)22)24-16(26)15(25)11-7-23-13-4-2-9(19)6-10(11)13/h1-7,23H,(H,24,26). The number of aromatic nitrogens is 1. The molecule has 0 spiro atoms. The van der Waals surface area contributed by atoms with Gasteiger partial charge in [0.25, 0.3) is 11.7 Å². The predicted molar refractivity (Wildman–Crippen MR) is 87.7 cm³/mol. The number of nitrogens with one attached hydrogen (secondary N) is 2. The Bertz CT molecular complexity index is 1030. The number of alkyl halides is 3. The number of fused-ring (bicyclic) bond motifs is 1. The van der Waals surface area contributed by atoms with Crippen LogP contribution in [0.2, 0.25) is 5.02 Å². The van der Waals surface area contributed by atoms with Crippen molar-refractivity contribution in [2.45, 2.75) is 6.18 Å². The quantitative estimate of drug-likeness (QED) is 0.387. The van der Waals surface area contributed by atoms with Gasteiger partial charge in [-0.15, -0.1) is 0 Å². The molecule has 0 unspecified atom stereocenters. The average molecular weight is 385 g/mol. The van der Waals surface area contributed by atoms with Crippen molar-refractivity contribution in [2.75, 3.05) is 5.32 Å². The van der Waals surface area contributed by atoms with Gasteiger partial charge in [0.15, 0.2) is 0 Å². The van der Waals surface area contributed by atoms with Crippen LogP contribution in [-0.4, -0.2) is 16.7 Å². The Hall–Kier alpha value is -2.87. The first-order chi connectivity index (χ1) is 12.2. The summed E-state index contributed by atoms with van der Waals surface area (Å²) >= 11 is 5.56. The van der Waals surface area contributed by atoms with Crippen LogP contribution in [-0.2, 0) is 11.0 Å². The van der Waals surface area contributed by atoms with Crippen LogP contribution in [0.5, 0.6) is 0 Å². The van der Waals surface area contributed by atoms with Gasteiger partial charge < -0.3 is 10.3 Å². The molecule has 2 N–H and O–H groups in total. The molecule has 3 rings (SSSR count). The molecule has 0 saturated carbocycles. The van der Waals surface area contributed by atoms with E-state index in [4.69, 9.17) is 11.6 Å². The van der Waals surface area contributed by atoms with Crippen LogP contribution >= 0.6 is 11.6 Å². The second kappa shape index (κ2) is 6.45. The van der Waals surface area contributed by atoms with Crippen LogP contribution in [0.3, 0.4) is 0 Å². The number of anilines is 1. The highest BCUT2D eigenvalue weighted by Gasteiger charge is 2.35. The second-order valence-corrected chi connectivity index (χ2v) is 5.80. The second-order valence-electron chi connectivity index (χ2n) is 5.36. The Morgan fingerprint density at radius 1 is 1.08 bits per heavy atom. The Morgan fingerprint density at radius 2 is 1.81 bits per heavy atom. The molecule has 0 saturated heterocycles. The normalized spacial score (nSPS) is 11.6. The summed E-state index contributed by atoms with van der Waals surface area (Å²) in [5, 5.41) is 1.91. The van der Waals surface area contributed by atoms with Gasteiger partial charge in [-0.1, -0.05) is 11.6 Å². The topological polar surface area (TPSA) is 62.0 Å². The average Bonchev–Trinajstić information content (AvgIpc) is 2.97. The molecule has 1 heterocycles. The molecule has 0 bridgehead atoms. The van der Waals surface area contributed by atoms with E-state index in [1.165, 1.54) is 12.3 Å². The molecule has 3 aromatic rings. The first-order valence-electron chi connectivity index (χ1n) is 7.16. The third-order valence-electron chi connectivity index (χ3n) is 3.63. The van der Waals surface area contributed by atoms with Gasteiger partial charge in [0.05, 0.1) is 16.8 Å². The molecule has 26 heavy (non-hydrogen) atoms. The maximum atomic E-state index is 13.4. The molecule has 1 amide bonds. The van der Waals surface area contributed by atoms with Crippen molar-refractivity contribution in [1.29, 1.82) is 0 Å². The maximum absolute atomic E-state index is 13.4. The summed E-state index contributed by atoms with van der Waals surface area (Å²) < 4.78 is 52.6. The van der Waals surface area contributed by atoms with E-state index in [-0.39, 0.29) is 16.0 Å². The van der Waals surface area contributed by atoms with Crippen molar-refractivity contribution >= 4 is 39.9 Å². The van der Waals surface area contributed by atoms with E-state index < -0.39 is 34.9 Å². The van der Waals surface area contributed by atoms with Gasteiger partial charge in [0.2, 0.25) is 0 Å². The third-order valence-corrected chi connectivity index (χ3v) is 3.86. The SMILES string of the molecule is O=C(Nc1ccc(Cl)cc1C(F)(F)F)C(=O)c1c[nH]c2ccc(F)cc12. The number of halogens is 5. The minimum Gasteiger partial charge on any atom is -0.360 e. The lowest BCUT2D eigenvalue weighted by Gasteiger charge is -2.13. The highest BCUT2D eigenvalue weighted by atomic mass is 35.5. The highest BCUT2D eigenvalue weighted by Crippen LogP contribution is 2.36. The molecule has 0 atom stereocenters. The number of carbonyl (C=O) groups excluding carboxylic acids is 2. The predicted octanol–water partition coefficient (Wildman–Crippen LogP) is 4.80. The number of hydrogen-bond acceptors (Lipinski definition) is 2. The molecule has 134 valence electrons. The molecule has 0 fully saturated rings. The first kappa shape index (κ1) is 17.9. The van der Waals surface area contributed by atoms with E-state index in [1.807, 2.05) is 5.32 Å². The molecular formula is C17H9ClF4N2O2. The van der Waals surface area contributed by atoms with Crippen molar-refractivity contribution in [2.24, 2.45) is 0 Å². The summed E-state index contributed by atoms with van der Waals surface area (Å²) in [5.74, 6) is -3.02. The lowest BCUT2D eigenvalue weighted by Crippen LogP contribution is -2.24. The lowest BCUT2D eigenvalue weighted by molar-refractivity contribution is -0.137. The van der Waals surface area contributed by atoms with Gasteiger partial charge in [0, 0.05) is 22.1 Å². The van der Waals surface area contributed by atoms with E-state index in [0.29, 0.717) is 11.6 Å². The number of Topliss-reactive ketones (excluding diaryl/α,β-unsaturated/α-hetero) is 1. The number of benzene rings is 2. The zero-order valence-corrected chi connectivity index (χ0v) is 13.5. The van der Waals surface area contributed by atoms with Crippen LogP contribution in [0, 0.1) is 5.82 Å². The fraction of sp³-hybridized carbons (Fsp3) is 0.0588. The van der Waals surface area contributed by atoms with Crippen molar-refractivity contribution in [1.82, 2.24) is 4.98 Å². The number of hydrogen-bond donors (Lipinski definition) is 2. The Balaban J connectivity index is 1.93. The molecule has 0 radical (unpaired) electrons. The van der Waals surface area contributed by atoms with Crippen molar-refractivity contribution in [3.05, 3.63) is 64.6 Å². The summed E-state index contributed by atoms with van der Waals surface area (Å²) in [6.07, 6.45) is -3.58. The van der Waals surface area contributed by atoms with Gasteiger partial charge >= 0.3 is 6.18 Å². The molecule has 0 aliphatic carbocycles. The Labute approximate surface area is 148 Å². The van der Waals surface area contributed by atoms with Crippen LogP contribution in [0.4, 0.5) is 23.2 Å². The van der Waals surface area contributed by atoms with Gasteiger partial charge in [-0.3, -0.25) is 9.59 Å². The van der Waals surface area contributed by atoms with E-state index in [9.17, 15) is 27.2 Å². The largest absolute Gasteiger partial charge is 0.418 e. The molecule has 4 nitrogen and oxygen atoms in total. The molecule has 1 aromatic heterocycles. The van der Waals surface area contributed by atoms with E-state index in [0.717, 1.165) is 24.3 Å². The molecule has 2 aromatic carbocycles. The molecule has 9 heteroatoms. The van der Waals surface area contributed by atoms with Crippen LogP contribution in [0.1, 0.15) is 15.9 Å². The fourth-order valence-electron chi connectivity index (χ4n) is 2.44. The summed E-state index contributed by atoms with van der Waals surface area (Å²) in [6, 6.07) is 6.33. The first-order valence-corrected chi connectivity index (χ1v) is 7.53. The molecule has 0 aliphatic heterocycles. The minimum absolute atomic E-state index is 0.150. The fourth-order valence-corrected chi connectivity index (χ4v) is 2.61. The summed E-state index contributed by atoms with van der Waals surface area (Å²) in [6.45, 7) is 0. The Morgan fingerprint density at radius 3 is 2.50 bits per heavy atom. The maximum Gasteiger partial charge on any atom is 0.418 e. The van der Waals surface area contributed by atoms with Gasteiger partial charge in [-0.05, 0) is 36.4 Å². The zero-order chi connectivity index (χ0) is 19.1. The van der Waals surface area contributed by atoms with E-state index in [1.54, 1.807) is 0 Å². The minimum atomic E-state index is -4.78. The summed E-state index contributed by atoms with van der Waals surface area (Å²) in [5.41, 5.74) is -1.54. The Kier molecular flexibility index (Phi) is 4.45. The van der Waals surface area contributed by atoms with Crippen molar-refractivity contribution in [3.8, 4) is 0 Å². The molecule has 0 aliphatic rings. The van der Waals surface area contributed by atoms with Crippen molar-refractivity contribution < 1.29 is 27.2 Å². The smallest absolute Gasteiger partial charge is 0.360 e. The van der Waals surface area contributed by atoms with E-state index >= 15 is 0 Å². The number of H-pyrrole nitrogens is 1. The number of carbonyl (C=O) groups is 2. The van der Waals surface area contributed by atoms with Crippen LogP contribution < -0.4 is 5.32 Å². The van der Waals surface area contributed by atoms with Crippen molar-refractivity contribution in [3.63, 3.8) is 0 Å². The van der Waals surface area contributed by atoms with E-state index in [2.05, 4.69) is 4.98 Å². The van der Waals surface area contributed by atoms with Crippen LogP contribution in [0.15, 0.2) is 42.6 Å². The summed E-state index contributed by atoms with van der Waals surface area (Å²) in [4.78, 5) is 27.1. The number of aromatic amines is 1. The van der Waals surface area contributed by atoms with Gasteiger partial charge in [0.1, 0.15) is 5.82 Å². The van der Waals surface area contributed by atoms with Crippen LogP contribution in [0.25, 0.3) is 10.9 Å². The highest BCUT2D eigenvalue weighted by molar-refractivity contribution is 6.48. The summed E-state index contributed by atoms with van der Waals surface area (Å²) in [7, 11) is 0. The number of ketones is 1. The lowest BCUT2D eigenvalue weighted by atomic mass is 10.1. The monoisotopic (exact) mass is 384 g/mol.